The van der Waals surface area contributed by atoms with Gasteiger partial charge in [0.2, 0.25) is 0 Å². The minimum Gasteiger partial charge on any atom is -0.489 e. The summed E-state index contributed by atoms with van der Waals surface area (Å²) in [4.78, 5) is 12.5. The van der Waals surface area contributed by atoms with E-state index in [0.29, 0.717) is 17.9 Å². The zero-order valence-electron chi connectivity index (χ0n) is 12.2. The molecule has 0 unspecified atom stereocenters. The number of ether oxygens (including phenoxy) is 1. The topological polar surface area (TPSA) is 50.4 Å². The lowest BCUT2D eigenvalue weighted by Gasteiger charge is -2.21. The van der Waals surface area contributed by atoms with Crippen LogP contribution < -0.4 is 15.4 Å². The average Bonchev–Trinajstić information content (AvgIpc) is 2.51. The molecule has 21 heavy (non-hydrogen) atoms. The second-order valence-electron chi connectivity index (χ2n) is 5.16. The summed E-state index contributed by atoms with van der Waals surface area (Å²) in [6, 6.07) is 11.4. The van der Waals surface area contributed by atoms with E-state index < -0.39 is 0 Å². The van der Waals surface area contributed by atoms with Crippen LogP contribution >= 0.6 is 0 Å². The number of anilines is 2. The molecule has 0 fully saturated rings. The Morgan fingerprint density at radius 2 is 2.00 bits per heavy atom. The van der Waals surface area contributed by atoms with Gasteiger partial charge in [0.15, 0.2) is 5.75 Å². The lowest BCUT2D eigenvalue weighted by Crippen LogP contribution is -2.22. The molecule has 0 atom stereocenters. The number of carbonyl (C=O) groups excluding carboxylic acids is 1. The molecule has 4 heteroatoms. The number of rotatable bonds is 2. The first-order valence-corrected chi connectivity index (χ1v) is 7.04. The molecule has 0 spiro atoms. The molecule has 0 saturated carbocycles. The van der Waals surface area contributed by atoms with Crippen molar-refractivity contribution in [1.29, 1.82) is 0 Å². The molecule has 2 aromatic carbocycles. The number of hydrogen-bond acceptors (Lipinski definition) is 3. The van der Waals surface area contributed by atoms with Gasteiger partial charge in [-0.2, -0.15) is 0 Å². The second kappa shape index (κ2) is 5.48. The summed E-state index contributed by atoms with van der Waals surface area (Å²) in [5.74, 6) is 0.482. The molecule has 2 N–H and O–H groups in total. The van der Waals surface area contributed by atoms with E-state index in [9.17, 15) is 4.79 Å². The van der Waals surface area contributed by atoms with Crippen molar-refractivity contribution in [3.8, 4) is 5.75 Å². The molecule has 1 aliphatic heterocycles. The van der Waals surface area contributed by atoms with E-state index in [0.717, 1.165) is 29.0 Å². The van der Waals surface area contributed by atoms with Gasteiger partial charge in [-0.1, -0.05) is 18.2 Å². The number of benzene rings is 2. The van der Waals surface area contributed by atoms with Crippen LogP contribution in [0.5, 0.6) is 5.75 Å². The van der Waals surface area contributed by atoms with Crippen molar-refractivity contribution >= 4 is 17.3 Å². The number of amides is 1. The Balaban J connectivity index is 1.91. The summed E-state index contributed by atoms with van der Waals surface area (Å²) in [6.07, 6.45) is 0. The van der Waals surface area contributed by atoms with Gasteiger partial charge in [0, 0.05) is 12.2 Å². The van der Waals surface area contributed by atoms with Crippen LogP contribution in [0.2, 0.25) is 0 Å². The molecular formula is C17H18N2O2. The number of carbonyl (C=O) groups is 1. The summed E-state index contributed by atoms with van der Waals surface area (Å²) >= 11 is 0. The Morgan fingerprint density at radius 3 is 2.86 bits per heavy atom. The highest BCUT2D eigenvalue weighted by Crippen LogP contribution is 2.32. The number of nitrogens with one attached hydrogen (secondary N) is 2. The van der Waals surface area contributed by atoms with E-state index >= 15 is 0 Å². The summed E-state index contributed by atoms with van der Waals surface area (Å²) in [7, 11) is 0. The normalized spacial score (nSPS) is 12.9. The number of para-hydroxylation sites is 1. The van der Waals surface area contributed by atoms with E-state index in [4.69, 9.17) is 4.74 Å². The maximum absolute atomic E-state index is 12.5. The molecule has 1 aliphatic rings. The summed E-state index contributed by atoms with van der Waals surface area (Å²) in [6.45, 7) is 5.36. The monoisotopic (exact) mass is 282 g/mol. The highest BCUT2D eigenvalue weighted by Gasteiger charge is 2.19. The van der Waals surface area contributed by atoms with E-state index in [2.05, 4.69) is 10.6 Å². The molecule has 4 nitrogen and oxygen atoms in total. The molecular weight excluding hydrogens is 264 g/mol. The van der Waals surface area contributed by atoms with Crippen molar-refractivity contribution in [2.45, 2.75) is 13.8 Å². The molecule has 2 aromatic rings. The van der Waals surface area contributed by atoms with Gasteiger partial charge in [0.25, 0.3) is 5.91 Å². The lowest BCUT2D eigenvalue weighted by molar-refractivity contribution is 0.102. The highest BCUT2D eigenvalue weighted by molar-refractivity contribution is 6.07. The first-order chi connectivity index (χ1) is 10.2. The van der Waals surface area contributed by atoms with E-state index in [-0.39, 0.29) is 5.91 Å². The quantitative estimate of drug-likeness (QED) is 0.888. The summed E-state index contributed by atoms with van der Waals surface area (Å²) in [5, 5.41) is 6.21. The van der Waals surface area contributed by atoms with Gasteiger partial charge in [-0.15, -0.1) is 0 Å². The van der Waals surface area contributed by atoms with Crippen molar-refractivity contribution < 1.29 is 9.53 Å². The molecule has 0 aromatic heterocycles. The lowest BCUT2D eigenvalue weighted by atomic mass is 10.1. The van der Waals surface area contributed by atoms with Gasteiger partial charge >= 0.3 is 0 Å². The average molecular weight is 282 g/mol. The predicted octanol–water partition coefficient (Wildman–Crippen LogP) is 3.36. The maximum Gasteiger partial charge on any atom is 0.259 e. The second-order valence-corrected chi connectivity index (χ2v) is 5.16. The number of hydrogen-bond donors (Lipinski definition) is 2. The van der Waals surface area contributed by atoms with Crippen LogP contribution in [-0.4, -0.2) is 19.1 Å². The third-order valence-electron chi connectivity index (χ3n) is 3.78. The Labute approximate surface area is 124 Å². The van der Waals surface area contributed by atoms with Gasteiger partial charge < -0.3 is 15.4 Å². The Hall–Kier alpha value is -2.49. The largest absolute Gasteiger partial charge is 0.489 e. The molecule has 0 bridgehead atoms. The van der Waals surface area contributed by atoms with Crippen molar-refractivity contribution in [2.24, 2.45) is 0 Å². The van der Waals surface area contributed by atoms with Crippen LogP contribution in [0, 0.1) is 13.8 Å². The molecule has 108 valence electrons. The summed E-state index contributed by atoms with van der Waals surface area (Å²) in [5.41, 5.74) is 4.49. The van der Waals surface area contributed by atoms with Crippen LogP contribution in [0.15, 0.2) is 36.4 Å². The molecule has 0 saturated heterocycles. The third-order valence-corrected chi connectivity index (χ3v) is 3.78. The minimum atomic E-state index is -0.149. The number of fused-ring (bicyclic) bond motifs is 1. The van der Waals surface area contributed by atoms with Crippen molar-refractivity contribution in [3.05, 3.63) is 53.1 Å². The zero-order valence-corrected chi connectivity index (χ0v) is 12.2. The highest BCUT2D eigenvalue weighted by atomic mass is 16.5. The molecule has 0 aliphatic carbocycles. The zero-order chi connectivity index (χ0) is 14.8. The standard InChI is InChI=1S/C17H18N2O2/c1-11-5-3-7-14(12(11)2)19-17(20)13-6-4-8-15-16(13)21-10-9-18-15/h3-8,18H,9-10H2,1-2H3,(H,19,20). The van der Waals surface area contributed by atoms with Crippen LogP contribution in [-0.2, 0) is 0 Å². The van der Waals surface area contributed by atoms with E-state index in [1.165, 1.54) is 0 Å². The van der Waals surface area contributed by atoms with Crippen molar-refractivity contribution in [3.63, 3.8) is 0 Å². The fourth-order valence-corrected chi connectivity index (χ4v) is 2.43. The summed E-state index contributed by atoms with van der Waals surface area (Å²) < 4.78 is 5.64. The minimum absolute atomic E-state index is 0.149. The van der Waals surface area contributed by atoms with Crippen LogP contribution in [0.25, 0.3) is 0 Å². The van der Waals surface area contributed by atoms with Crippen LogP contribution in [0.1, 0.15) is 21.5 Å². The van der Waals surface area contributed by atoms with Gasteiger partial charge in [-0.25, -0.2) is 0 Å². The van der Waals surface area contributed by atoms with E-state index in [1.807, 2.05) is 44.2 Å². The van der Waals surface area contributed by atoms with Crippen LogP contribution in [0.3, 0.4) is 0 Å². The number of aryl methyl sites for hydroxylation is 1. The molecule has 1 heterocycles. The molecule has 1 amide bonds. The SMILES string of the molecule is Cc1cccc(NC(=O)c2cccc3c2OCCN3)c1C. The Morgan fingerprint density at radius 1 is 1.19 bits per heavy atom. The van der Waals surface area contributed by atoms with Crippen molar-refractivity contribution in [2.75, 3.05) is 23.8 Å². The smallest absolute Gasteiger partial charge is 0.259 e. The van der Waals surface area contributed by atoms with Crippen LogP contribution in [0.4, 0.5) is 11.4 Å². The van der Waals surface area contributed by atoms with Crippen molar-refractivity contribution in [1.82, 2.24) is 0 Å². The molecule has 0 radical (unpaired) electrons. The third kappa shape index (κ3) is 2.57. The maximum atomic E-state index is 12.5. The fourth-order valence-electron chi connectivity index (χ4n) is 2.43. The predicted molar refractivity (Wildman–Crippen MR) is 84.3 cm³/mol. The first-order valence-electron chi connectivity index (χ1n) is 7.04. The van der Waals surface area contributed by atoms with Gasteiger partial charge in [-0.3, -0.25) is 4.79 Å². The Bertz CT molecular complexity index is 695. The van der Waals surface area contributed by atoms with Gasteiger partial charge in [0.05, 0.1) is 11.3 Å². The van der Waals surface area contributed by atoms with Gasteiger partial charge in [0.1, 0.15) is 6.61 Å². The Kier molecular flexibility index (Phi) is 3.52. The van der Waals surface area contributed by atoms with Gasteiger partial charge in [-0.05, 0) is 43.2 Å². The fraction of sp³-hybridized carbons (Fsp3) is 0.235. The first kappa shape index (κ1) is 13.5. The van der Waals surface area contributed by atoms with E-state index in [1.54, 1.807) is 6.07 Å². The molecule has 3 rings (SSSR count).